The average Bonchev–Trinajstić information content (AvgIpc) is 2.82. The molecule has 0 unspecified atom stereocenters. The molecule has 7 heteroatoms. The van der Waals surface area contributed by atoms with Gasteiger partial charge in [-0.3, -0.25) is 9.10 Å². The van der Waals surface area contributed by atoms with Gasteiger partial charge >= 0.3 is 0 Å². The minimum atomic E-state index is -3.94. The summed E-state index contributed by atoms with van der Waals surface area (Å²) in [5, 5.41) is 2.78. The van der Waals surface area contributed by atoms with Gasteiger partial charge in [-0.15, -0.1) is 0 Å². The van der Waals surface area contributed by atoms with Crippen LogP contribution in [0, 0.1) is 13.8 Å². The van der Waals surface area contributed by atoms with Crippen LogP contribution in [0.2, 0.25) is 0 Å². The van der Waals surface area contributed by atoms with Crippen LogP contribution in [0.5, 0.6) is 5.75 Å². The summed E-state index contributed by atoms with van der Waals surface area (Å²) in [4.78, 5) is 12.9. The Morgan fingerprint density at radius 3 is 2.20 bits per heavy atom. The Morgan fingerprint density at radius 1 is 0.914 bits per heavy atom. The fourth-order valence-corrected chi connectivity index (χ4v) is 5.12. The Labute approximate surface area is 209 Å². The lowest BCUT2D eigenvalue weighted by Gasteiger charge is -2.26. The van der Waals surface area contributed by atoms with Gasteiger partial charge < -0.3 is 10.1 Å². The fraction of sp³-hybridized carbons (Fsp3) is 0.321. The summed E-state index contributed by atoms with van der Waals surface area (Å²) < 4.78 is 33.8. The highest BCUT2D eigenvalue weighted by Crippen LogP contribution is 2.28. The Balaban J connectivity index is 1.68. The van der Waals surface area contributed by atoms with Gasteiger partial charge in [0, 0.05) is 0 Å². The SMILES string of the molecule is Cc1cccc(N(CC(=O)NCCOc2ccc(C(C)(C)C)cc2)S(=O)(=O)c2ccccc2)c1C. The highest BCUT2D eigenvalue weighted by atomic mass is 32.2. The summed E-state index contributed by atoms with van der Waals surface area (Å²) in [6, 6.07) is 21.5. The molecule has 3 rings (SSSR count). The predicted molar refractivity (Wildman–Crippen MR) is 141 cm³/mol. The molecule has 1 N–H and O–H groups in total. The first-order valence-corrected chi connectivity index (χ1v) is 13.1. The number of anilines is 1. The quantitative estimate of drug-likeness (QED) is 0.425. The lowest BCUT2D eigenvalue weighted by Crippen LogP contribution is -2.42. The van der Waals surface area contributed by atoms with E-state index in [-0.39, 0.29) is 30.0 Å². The molecule has 0 saturated heterocycles. The minimum Gasteiger partial charge on any atom is -0.492 e. The highest BCUT2D eigenvalue weighted by Gasteiger charge is 2.28. The molecular weight excluding hydrogens is 460 g/mol. The predicted octanol–water partition coefficient (Wildman–Crippen LogP) is 4.99. The maximum atomic E-state index is 13.5. The zero-order valence-electron chi connectivity index (χ0n) is 21.0. The van der Waals surface area contributed by atoms with E-state index in [4.69, 9.17) is 4.74 Å². The van der Waals surface area contributed by atoms with E-state index < -0.39 is 15.9 Å². The third-order valence-corrected chi connectivity index (χ3v) is 7.65. The van der Waals surface area contributed by atoms with Crippen LogP contribution in [-0.4, -0.2) is 34.0 Å². The number of aryl methyl sites for hydroxylation is 1. The second kappa shape index (κ2) is 11.0. The monoisotopic (exact) mass is 494 g/mol. The van der Waals surface area contributed by atoms with Gasteiger partial charge in [0.05, 0.1) is 17.1 Å². The number of carbonyl (C=O) groups excluding carboxylic acids is 1. The molecule has 0 bridgehead atoms. The molecule has 0 atom stereocenters. The first kappa shape index (κ1) is 26.3. The molecule has 3 aromatic rings. The second-order valence-corrected chi connectivity index (χ2v) is 11.4. The van der Waals surface area contributed by atoms with Crippen molar-refractivity contribution in [1.82, 2.24) is 5.32 Å². The summed E-state index contributed by atoms with van der Waals surface area (Å²) >= 11 is 0. The maximum absolute atomic E-state index is 13.5. The molecule has 1 amide bonds. The van der Waals surface area contributed by atoms with Gasteiger partial charge in [-0.2, -0.15) is 0 Å². The Bertz CT molecular complexity index is 1250. The van der Waals surface area contributed by atoms with Crippen LogP contribution in [0.15, 0.2) is 77.7 Å². The highest BCUT2D eigenvalue weighted by molar-refractivity contribution is 7.92. The van der Waals surface area contributed by atoms with Crippen LogP contribution in [-0.2, 0) is 20.2 Å². The minimum absolute atomic E-state index is 0.0636. The number of rotatable bonds is 9. The lowest BCUT2D eigenvalue weighted by atomic mass is 9.87. The largest absolute Gasteiger partial charge is 0.492 e. The standard InChI is InChI=1S/C28H34N2O4S/c1-21-10-9-13-26(22(21)2)30(35(32,33)25-11-7-6-8-12-25)20-27(31)29-18-19-34-24-16-14-23(15-17-24)28(3,4)5/h6-17H,18-20H2,1-5H3,(H,29,31). The van der Waals surface area contributed by atoms with E-state index in [1.54, 1.807) is 30.3 Å². The number of nitrogens with zero attached hydrogens (tertiary/aromatic N) is 1. The molecular formula is C28H34N2O4S. The van der Waals surface area contributed by atoms with Crippen molar-refractivity contribution in [3.63, 3.8) is 0 Å². The van der Waals surface area contributed by atoms with Crippen molar-refractivity contribution in [2.75, 3.05) is 24.0 Å². The molecule has 0 fully saturated rings. The van der Waals surface area contributed by atoms with Crippen molar-refractivity contribution in [3.05, 3.63) is 89.5 Å². The molecule has 0 aromatic heterocycles. The van der Waals surface area contributed by atoms with Crippen LogP contribution in [0.4, 0.5) is 5.69 Å². The van der Waals surface area contributed by atoms with E-state index in [0.717, 1.165) is 16.9 Å². The molecule has 0 aliphatic heterocycles. The van der Waals surface area contributed by atoms with Gasteiger partial charge in [0.1, 0.15) is 18.9 Å². The zero-order chi connectivity index (χ0) is 25.6. The summed E-state index contributed by atoms with van der Waals surface area (Å²) in [6.45, 7) is 10.4. The topological polar surface area (TPSA) is 75.7 Å². The van der Waals surface area contributed by atoms with Gasteiger partial charge in [-0.05, 0) is 66.3 Å². The van der Waals surface area contributed by atoms with Gasteiger partial charge in [-0.1, -0.05) is 63.2 Å². The molecule has 186 valence electrons. The Morgan fingerprint density at radius 2 is 1.57 bits per heavy atom. The van der Waals surface area contributed by atoms with Crippen LogP contribution in [0.1, 0.15) is 37.5 Å². The number of sulfonamides is 1. The van der Waals surface area contributed by atoms with E-state index >= 15 is 0 Å². The summed E-state index contributed by atoms with van der Waals surface area (Å²) in [6.07, 6.45) is 0. The molecule has 0 aliphatic rings. The van der Waals surface area contributed by atoms with Gasteiger partial charge in [0.2, 0.25) is 5.91 Å². The van der Waals surface area contributed by atoms with Crippen molar-refractivity contribution >= 4 is 21.6 Å². The first-order valence-electron chi connectivity index (χ1n) is 11.6. The molecule has 0 aliphatic carbocycles. The summed E-state index contributed by atoms with van der Waals surface area (Å²) in [5.74, 6) is 0.313. The number of amides is 1. The normalized spacial score (nSPS) is 11.7. The van der Waals surface area contributed by atoms with E-state index in [2.05, 4.69) is 26.1 Å². The third-order valence-electron chi connectivity index (χ3n) is 5.88. The fourth-order valence-electron chi connectivity index (χ4n) is 3.62. The summed E-state index contributed by atoms with van der Waals surface area (Å²) in [5.41, 5.74) is 3.51. The number of nitrogens with one attached hydrogen (secondary N) is 1. The van der Waals surface area contributed by atoms with E-state index in [1.165, 1.54) is 22.0 Å². The van der Waals surface area contributed by atoms with Crippen LogP contribution >= 0.6 is 0 Å². The third kappa shape index (κ3) is 6.63. The zero-order valence-corrected chi connectivity index (χ0v) is 21.9. The molecule has 6 nitrogen and oxygen atoms in total. The van der Waals surface area contributed by atoms with Crippen molar-refractivity contribution in [1.29, 1.82) is 0 Å². The Kier molecular flexibility index (Phi) is 8.22. The summed E-state index contributed by atoms with van der Waals surface area (Å²) in [7, 11) is -3.94. The molecule has 0 saturated carbocycles. The van der Waals surface area contributed by atoms with Gasteiger partial charge in [0.15, 0.2) is 0 Å². The van der Waals surface area contributed by atoms with Gasteiger partial charge in [0.25, 0.3) is 10.0 Å². The molecule has 0 radical (unpaired) electrons. The van der Waals surface area contributed by atoms with E-state index in [9.17, 15) is 13.2 Å². The number of benzene rings is 3. The van der Waals surface area contributed by atoms with Crippen LogP contribution in [0.25, 0.3) is 0 Å². The molecule has 3 aromatic carbocycles. The number of ether oxygens (including phenoxy) is 1. The van der Waals surface area contributed by atoms with E-state index in [0.29, 0.717) is 5.69 Å². The first-order chi connectivity index (χ1) is 16.5. The molecule has 0 spiro atoms. The van der Waals surface area contributed by atoms with Crippen molar-refractivity contribution in [2.45, 2.75) is 44.9 Å². The molecule has 0 heterocycles. The number of hydrogen-bond acceptors (Lipinski definition) is 4. The lowest BCUT2D eigenvalue weighted by molar-refractivity contribution is -0.119. The average molecular weight is 495 g/mol. The number of hydrogen-bond donors (Lipinski definition) is 1. The molecule has 35 heavy (non-hydrogen) atoms. The second-order valence-electron chi connectivity index (χ2n) is 9.52. The van der Waals surface area contributed by atoms with Crippen LogP contribution < -0.4 is 14.4 Å². The van der Waals surface area contributed by atoms with Crippen molar-refractivity contribution in [2.24, 2.45) is 0 Å². The maximum Gasteiger partial charge on any atom is 0.264 e. The Hall–Kier alpha value is -3.32. The van der Waals surface area contributed by atoms with Crippen molar-refractivity contribution in [3.8, 4) is 5.75 Å². The van der Waals surface area contributed by atoms with E-state index in [1.807, 2.05) is 44.2 Å². The van der Waals surface area contributed by atoms with Crippen molar-refractivity contribution < 1.29 is 17.9 Å². The van der Waals surface area contributed by atoms with Crippen LogP contribution in [0.3, 0.4) is 0 Å². The van der Waals surface area contributed by atoms with Gasteiger partial charge in [-0.25, -0.2) is 8.42 Å². The number of carbonyl (C=O) groups is 1. The smallest absolute Gasteiger partial charge is 0.264 e.